The lowest BCUT2D eigenvalue weighted by Crippen LogP contribution is -2.52. The smallest absolute Gasteiger partial charge is 0.303 e. The van der Waals surface area contributed by atoms with E-state index in [1.165, 1.54) is 0 Å². The molecule has 0 atom stereocenters. The van der Waals surface area contributed by atoms with Crippen molar-refractivity contribution in [2.75, 3.05) is 26.3 Å². The number of amides is 1. The maximum absolute atomic E-state index is 12.4. The molecule has 1 aliphatic carbocycles. The van der Waals surface area contributed by atoms with Crippen LogP contribution in [0.4, 0.5) is 0 Å². The van der Waals surface area contributed by atoms with Crippen molar-refractivity contribution in [2.45, 2.75) is 38.5 Å². The van der Waals surface area contributed by atoms with Crippen molar-refractivity contribution < 1.29 is 19.4 Å². The Bertz CT molecular complexity index is 373. The Morgan fingerprint density at radius 3 is 2.30 bits per heavy atom. The van der Waals surface area contributed by atoms with Crippen LogP contribution in [-0.2, 0) is 14.3 Å². The Morgan fingerprint density at radius 1 is 1.20 bits per heavy atom. The van der Waals surface area contributed by atoms with Crippen molar-refractivity contribution >= 4 is 11.9 Å². The third kappa shape index (κ3) is 3.12. The summed E-state index contributed by atoms with van der Waals surface area (Å²) in [7, 11) is 0. The first-order valence-electron chi connectivity index (χ1n) is 7.30. The summed E-state index contributed by atoms with van der Waals surface area (Å²) in [5, 5.41) is 11.9. The molecule has 2 rings (SSSR count). The number of carbonyl (C=O) groups is 2. The molecule has 20 heavy (non-hydrogen) atoms. The maximum atomic E-state index is 12.4. The lowest BCUT2D eigenvalue weighted by molar-refractivity contribution is -0.143. The van der Waals surface area contributed by atoms with Gasteiger partial charge >= 0.3 is 5.97 Å². The lowest BCUT2D eigenvalue weighted by atomic mass is 9.66. The minimum atomic E-state index is -0.793. The Balaban J connectivity index is 1.91. The lowest BCUT2D eigenvalue weighted by Gasteiger charge is -2.42. The topological polar surface area (TPSA) is 102 Å². The normalized spacial score (nSPS) is 23.6. The fraction of sp³-hybridized carbons (Fsp3) is 0.857. The average molecular weight is 284 g/mol. The van der Waals surface area contributed by atoms with E-state index in [1.807, 2.05) is 0 Å². The van der Waals surface area contributed by atoms with Gasteiger partial charge in [-0.05, 0) is 31.1 Å². The highest BCUT2D eigenvalue weighted by Crippen LogP contribution is 2.43. The first-order valence-corrected chi connectivity index (χ1v) is 7.30. The highest BCUT2D eigenvalue weighted by Gasteiger charge is 2.42. The van der Waals surface area contributed by atoms with Crippen LogP contribution < -0.4 is 11.1 Å². The van der Waals surface area contributed by atoms with Gasteiger partial charge in [0, 0.05) is 26.3 Å². The summed E-state index contributed by atoms with van der Waals surface area (Å²) < 4.78 is 5.29. The van der Waals surface area contributed by atoms with E-state index >= 15 is 0 Å². The molecule has 1 saturated heterocycles. The van der Waals surface area contributed by atoms with Gasteiger partial charge < -0.3 is 20.9 Å². The molecule has 0 radical (unpaired) electrons. The zero-order chi connectivity index (χ0) is 14.6. The Morgan fingerprint density at radius 2 is 1.85 bits per heavy atom. The van der Waals surface area contributed by atoms with Crippen LogP contribution in [0.1, 0.15) is 38.5 Å². The molecule has 0 spiro atoms. The molecule has 1 saturated carbocycles. The molecule has 1 aliphatic heterocycles. The van der Waals surface area contributed by atoms with Gasteiger partial charge in [-0.15, -0.1) is 0 Å². The van der Waals surface area contributed by atoms with Crippen LogP contribution in [0.15, 0.2) is 0 Å². The number of carboxylic acid groups (broad SMARTS) is 1. The van der Waals surface area contributed by atoms with Gasteiger partial charge in [-0.2, -0.15) is 0 Å². The molecule has 0 bridgehead atoms. The van der Waals surface area contributed by atoms with E-state index in [9.17, 15) is 9.59 Å². The van der Waals surface area contributed by atoms with Gasteiger partial charge in [0.25, 0.3) is 0 Å². The van der Waals surface area contributed by atoms with E-state index in [0.29, 0.717) is 39.1 Å². The Labute approximate surface area is 119 Å². The standard InChI is InChI=1S/C14H24N2O4/c15-9-14(4-6-20-7-5-14)12(19)16-10-13(2-1-3-13)8-11(17)18/h1-10,15H2,(H,16,19)(H,17,18). The van der Waals surface area contributed by atoms with E-state index in [1.54, 1.807) is 0 Å². The molecule has 4 N–H and O–H groups in total. The van der Waals surface area contributed by atoms with Gasteiger partial charge in [0.1, 0.15) is 0 Å². The summed E-state index contributed by atoms with van der Waals surface area (Å²) in [5.41, 5.74) is 5.01. The van der Waals surface area contributed by atoms with E-state index in [2.05, 4.69) is 5.32 Å². The van der Waals surface area contributed by atoms with Crippen LogP contribution in [-0.4, -0.2) is 43.3 Å². The van der Waals surface area contributed by atoms with Crippen molar-refractivity contribution in [1.82, 2.24) is 5.32 Å². The van der Waals surface area contributed by atoms with E-state index in [-0.39, 0.29) is 17.7 Å². The molecule has 2 fully saturated rings. The van der Waals surface area contributed by atoms with E-state index < -0.39 is 11.4 Å². The number of carboxylic acids is 1. The quantitative estimate of drug-likeness (QED) is 0.659. The molecule has 0 unspecified atom stereocenters. The zero-order valence-electron chi connectivity index (χ0n) is 11.8. The predicted octanol–water partition coefficient (Wildman–Crippen LogP) is 0.503. The molecule has 1 heterocycles. The molecule has 2 aliphatic rings. The molecular formula is C14H24N2O4. The van der Waals surface area contributed by atoms with Gasteiger partial charge in [0.15, 0.2) is 0 Å². The largest absolute Gasteiger partial charge is 0.481 e. The predicted molar refractivity (Wildman–Crippen MR) is 73.1 cm³/mol. The van der Waals surface area contributed by atoms with Crippen molar-refractivity contribution in [1.29, 1.82) is 0 Å². The third-order valence-corrected chi connectivity index (χ3v) is 4.89. The monoisotopic (exact) mass is 284 g/mol. The van der Waals surface area contributed by atoms with Gasteiger partial charge in [0.05, 0.1) is 11.8 Å². The maximum Gasteiger partial charge on any atom is 0.303 e. The van der Waals surface area contributed by atoms with Crippen molar-refractivity contribution in [3.05, 3.63) is 0 Å². The molecule has 6 heteroatoms. The number of hydrogen-bond donors (Lipinski definition) is 3. The number of nitrogens with two attached hydrogens (primary N) is 1. The van der Waals surface area contributed by atoms with E-state index in [0.717, 1.165) is 19.3 Å². The summed E-state index contributed by atoms with van der Waals surface area (Å²) in [6.07, 6.45) is 4.20. The van der Waals surface area contributed by atoms with Crippen LogP contribution >= 0.6 is 0 Å². The number of hydrogen-bond acceptors (Lipinski definition) is 4. The second-order valence-corrected chi connectivity index (χ2v) is 6.20. The number of carbonyl (C=O) groups excluding carboxylic acids is 1. The van der Waals surface area contributed by atoms with Gasteiger partial charge in [-0.25, -0.2) is 0 Å². The SMILES string of the molecule is NCC1(C(=O)NCC2(CC(=O)O)CCC2)CCOCC1. The number of ether oxygens (including phenoxy) is 1. The fourth-order valence-corrected chi connectivity index (χ4v) is 3.15. The first kappa shape index (κ1) is 15.3. The molecule has 0 aromatic heterocycles. The summed E-state index contributed by atoms with van der Waals surface area (Å²) in [5.74, 6) is -0.835. The fourth-order valence-electron chi connectivity index (χ4n) is 3.15. The summed E-state index contributed by atoms with van der Waals surface area (Å²) in [6.45, 7) is 1.88. The van der Waals surface area contributed by atoms with Crippen LogP contribution in [0.3, 0.4) is 0 Å². The van der Waals surface area contributed by atoms with Gasteiger partial charge in [0.2, 0.25) is 5.91 Å². The van der Waals surface area contributed by atoms with Crippen molar-refractivity contribution in [3.63, 3.8) is 0 Å². The summed E-state index contributed by atoms with van der Waals surface area (Å²) >= 11 is 0. The van der Waals surface area contributed by atoms with Crippen LogP contribution in [0.2, 0.25) is 0 Å². The van der Waals surface area contributed by atoms with Crippen LogP contribution in [0.5, 0.6) is 0 Å². The minimum absolute atomic E-state index is 0.0417. The Hall–Kier alpha value is -1.14. The van der Waals surface area contributed by atoms with E-state index in [4.69, 9.17) is 15.6 Å². The average Bonchev–Trinajstić information content (AvgIpc) is 2.41. The van der Waals surface area contributed by atoms with Crippen molar-refractivity contribution in [2.24, 2.45) is 16.6 Å². The van der Waals surface area contributed by atoms with Gasteiger partial charge in [-0.3, -0.25) is 9.59 Å². The van der Waals surface area contributed by atoms with Crippen molar-refractivity contribution in [3.8, 4) is 0 Å². The van der Waals surface area contributed by atoms with Gasteiger partial charge in [-0.1, -0.05) is 6.42 Å². The van der Waals surface area contributed by atoms with Crippen LogP contribution in [0.25, 0.3) is 0 Å². The van der Waals surface area contributed by atoms with Crippen LogP contribution in [0, 0.1) is 10.8 Å². The number of nitrogens with one attached hydrogen (secondary N) is 1. The zero-order valence-corrected chi connectivity index (χ0v) is 11.8. The molecule has 0 aromatic carbocycles. The summed E-state index contributed by atoms with van der Waals surface area (Å²) in [6, 6.07) is 0. The molecule has 6 nitrogen and oxygen atoms in total. The molecule has 114 valence electrons. The molecule has 1 amide bonds. The number of aliphatic carboxylic acids is 1. The second kappa shape index (κ2) is 6.10. The highest BCUT2D eigenvalue weighted by molar-refractivity contribution is 5.83. The summed E-state index contributed by atoms with van der Waals surface area (Å²) in [4.78, 5) is 23.4. The highest BCUT2D eigenvalue weighted by atomic mass is 16.5. The minimum Gasteiger partial charge on any atom is -0.481 e. The number of rotatable bonds is 6. The third-order valence-electron chi connectivity index (χ3n) is 4.89. The molecule has 0 aromatic rings. The molecular weight excluding hydrogens is 260 g/mol. The Kier molecular flexibility index (Phi) is 4.65. The second-order valence-electron chi connectivity index (χ2n) is 6.20. The first-order chi connectivity index (χ1) is 9.52.